The highest BCUT2D eigenvalue weighted by molar-refractivity contribution is 6.17. The lowest BCUT2D eigenvalue weighted by atomic mass is 9.54. The van der Waals surface area contributed by atoms with Crippen LogP contribution in [0.15, 0.2) is 79.1 Å². The third kappa shape index (κ3) is 3.95. The molecule has 39 heavy (non-hydrogen) atoms. The second-order valence-electron chi connectivity index (χ2n) is 10.2. The number of hydrogen-bond donors (Lipinski definition) is 0. The summed E-state index contributed by atoms with van der Waals surface area (Å²) < 4.78 is 10.7. The van der Waals surface area contributed by atoms with Crippen molar-refractivity contribution in [1.82, 2.24) is 19.8 Å². The molecule has 9 heteroatoms. The number of pyridine rings is 2. The number of ether oxygens (including phenoxy) is 2. The Morgan fingerprint density at radius 2 is 1.28 bits per heavy atom. The second kappa shape index (κ2) is 10.3. The molecule has 2 fully saturated rings. The van der Waals surface area contributed by atoms with Gasteiger partial charge in [0.05, 0.1) is 37.7 Å². The first-order valence-electron chi connectivity index (χ1n) is 12.9. The molecular weight excluding hydrogens is 496 g/mol. The summed E-state index contributed by atoms with van der Waals surface area (Å²) in [6, 6.07) is 18.6. The maximum atomic E-state index is 15.0. The van der Waals surface area contributed by atoms with Crippen LogP contribution in [-0.2, 0) is 23.9 Å². The first-order valence-corrected chi connectivity index (χ1v) is 12.9. The van der Waals surface area contributed by atoms with E-state index in [1.165, 1.54) is 14.2 Å². The largest absolute Gasteiger partial charge is 0.468 e. The van der Waals surface area contributed by atoms with Crippen LogP contribution >= 0.6 is 0 Å². The molecular formula is C30H32N4O5. The lowest BCUT2D eigenvalue weighted by Gasteiger charge is -2.61. The normalized spacial score (nSPS) is 27.9. The highest BCUT2D eigenvalue weighted by Gasteiger charge is 2.75. The van der Waals surface area contributed by atoms with Crippen molar-refractivity contribution in [2.75, 3.05) is 34.4 Å². The predicted octanol–water partition coefficient (Wildman–Crippen LogP) is 3.17. The Kier molecular flexibility index (Phi) is 7.05. The molecule has 202 valence electrons. The topological polar surface area (TPSA) is 102 Å². The van der Waals surface area contributed by atoms with Crippen LogP contribution in [0.25, 0.3) is 0 Å². The van der Waals surface area contributed by atoms with E-state index in [1.54, 1.807) is 43.7 Å². The van der Waals surface area contributed by atoms with Gasteiger partial charge < -0.3 is 9.47 Å². The van der Waals surface area contributed by atoms with Gasteiger partial charge in [0.1, 0.15) is 0 Å². The van der Waals surface area contributed by atoms with Crippen LogP contribution < -0.4 is 0 Å². The Morgan fingerprint density at radius 1 is 0.821 bits per heavy atom. The molecule has 5 atom stereocenters. The number of esters is 2. The number of hydrogen-bond acceptors (Lipinski definition) is 9. The Morgan fingerprint density at radius 3 is 1.69 bits per heavy atom. The van der Waals surface area contributed by atoms with E-state index in [9.17, 15) is 14.4 Å². The number of rotatable bonds is 6. The average Bonchev–Trinajstić information content (AvgIpc) is 2.98. The number of nitrogens with zero attached hydrogens (tertiary/aromatic N) is 4. The molecule has 5 rings (SSSR count). The first-order chi connectivity index (χ1) is 18.8. The molecule has 2 saturated heterocycles. The van der Waals surface area contributed by atoms with Crippen LogP contribution in [0.1, 0.15) is 42.0 Å². The number of benzene rings is 1. The maximum Gasteiger partial charge on any atom is 0.322 e. The molecule has 1 aromatic carbocycles. The zero-order valence-electron chi connectivity index (χ0n) is 22.5. The van der Waals surface area contributed by atoms with Gasteiger partial charge in [0.25, 0.3) is 0 Å². The molecule has 2 aliphatic heterocycles. The van der Waals surface area contributed by atoms with Crippen molar-refractivity contribution >= 4 is 17.7 Å². The quantitative estimate of drug-likeness (QED) is 0.353. The number of Topliss-reactive ketones (excluding diaryl/α,β-unsaturated/α-hetero) is 1. The van der Waals surface area contributed by atoms with Crippen LogP contribution in [0, 0.1) is 10.8 Å². The van der Waals surface area contributed by atoms with Crippen molar-refractivity contribution in [2.45, 2.75) is 25.0 Å². The van der Waals surface area contributed by atoms with Gasteiger partial charge in [0.2, 0.25) is 0 Å². The van der Waals surface area contributed by atoms with Gasteiger partial charge in [0, 0.05) is 31.5 Å². The van der Waals surface area contributed by atoms with E-state index in [-0.39, 0.29) is 19.1 Å². The number of methoxy groups -OCH3 is 2. The number of carbonyl (C=O) groups excluding carboxylic acids is 3. The number of aromatic nitrogens is 2. The molecule has 2 aromatic heterocycles. The fraction of sp³-hybridized carbons (Fsp3) is 0.367. The lowest BCUT2D eigenvalue weighted by Crippen LogP contribution is -2.75. The predicted molar refractivity (Wildman–Crippen MR) is 142 cm³/mol. The lowest BCUT2D eigenvalue weighted by molar-refractivity contribution is -0.205. The van der Waals surface area contributed by atoms with Crippen LogP contribution in [-0.4, -0.2) is 71.8 Å². The van der Waals surface area contributed by atoms with Crippen molar-refractivity contribution in [2.24, 2.45) is 10.8 Å². The minimum absolute atomic E-state index is 0.0355. The molecule has 0 radical (unpaired) electrons. The summed E-state index contributed by atoms with van der Waals surface area (Å²) in [6.07, 6.45) is 3.26. The van der Waals surface area contributed by atoms with Gasteiger partial charge in [-0.15, -0.1) is 0 Å². The third-order valence-corrected chi connectivity index (χ3v) is 8.33. The summed E-state index contributed by atoms with van der Waals surface area (Å²) in [6.45, 7) is 2.08. The zero-order chi connectivity index (χ0) is 27.8. The molecule has 0 saturated carbocycles. The molecule has 4 heterocycles. The van der Waals surface area contributed by atoms with E-state index in [1.807, 2.05) is 59.2 Å². The number of ketones is 1. The average molecular weight is 529 g/mol. The number of fused-ring (bicyclic) bond motifs is 2. The van der Waals surface area contributed by atoms with Gasteiger partial charge >= 0.3 is 11.9 Å². The summed E-state index contributed by atoms with van der Waals surface area (Å²) in [4.78, 5) is 55.9. The van der Waals surface area contributed by atoms with Crippen molar-refractivity contribution in [1.29, 1.82) is 0 Å². The van der Waals surface area contributed by atoms with Crippen molar-refractivity contribution < 1.29 is 23.9 Å². The maximum absolute atomic E-state index is 15.0. The third-order valence-electron chi connectivity index (χ3n) is 8.33. The second-order valence-corrected chi connectivity index (χ2v) is 10.2. The number of piperidine rings is 2. The molecule has 0 N–H and O–H groups in total. The van der Waals surface area contributed by atoms with E-state index in [0.29, 0.717) is 11.4 Å². The Balaban J connectivity index is 1.82. The zero-order valence-corrected chi connectivity index (χ0v) is 22.5. The molecule has 9 nitrogen and oxygen atoms in total. The van der Waals surface area contributed by atoms with Gasteiger partial charge in [-0.3, -0.25) is 34.2 Å². The Bertz CT molecular complexity index is 1280. The van der Waals surface area contributed by atoms with Gasteiger partial charge in [-0.1, -0.05) is 42.5 Å². The van der Waals surface area contributed by atoms with Gasteiger partial charge in [-0.25, -0.2) is 0 Å². The fourth-order valence-corrected chi connectivity index (χ4v) is 6.62. The van der Waals surface area contributed by atoms with Crippen LogP contribution in [0.3, 0.4) is 0 Å². The van der Waals surface area contributed by atoms with Gasteiger partial charge in [-0.05, 0) is 43.8 Å². The SMILES string of the molecule is COC(=O)[C@@]12CN([C@@H](C)c3ccccc3)C[C@@](C(=O)OC)(C1=O)[C@@H](c1ccccn1)N(C)[C@H]2c1ccccn1. The van der Waals surface area contributed by atoms with Crippen LogP contribution in [0.2, 0.25) is 0 Å². The fourth-order valence-electron chi connectivity index (χ4n) is 6.62. The number of likely N-dealkylation sites (tertiary alicyclic amines) is 2. The van der Waals surface area contributed by atoms with E-state index in [2.05, 4.69) is 9.97 Å². The summed E-state index contributed by atoms with van der Waals surface area (Å²) in [5.41, 5.74) is -1.50. The molecule has 3 aromatic rings. The molecule has 0 amide bonds. The monoisotopic (exact) mass is 528 g/mol. The molecule has 2 bridgehead atoms. The van der Waals surface area contributed by atoms with E-state index >= 15 is 0 Å². The summed E-state index contributed by atoms with van der Waals surface area (Å²) in [5, 5.41) is 0. The number of carbonyl (C=O) groups is 3. The summed E-state index contributed by atoms with van der Waals surface area (Å²) in [7, 11) is 4.34. The highest BCUT2D eigenvalue weighted by Crippen LogP contribution is 2.60. The minimum Gasteiger partial charge on any atom is -0.468 e. The smallest absolute Gasteiger partial charge is 0.322 e. The Hall–Kier alpha value is -3.95. The van der Waals surface area contributed by atoms with E-state index in [0.717, 1.165) is 5.56 Å². The Labute approximate surface area is 227 Å². The molecule has 0 unspecified atom stereocenters. The van der Waals surface area contributed by atoms with Crippen LogP contribution in [0.4, 0.5) is 0 Å². The molecule has 0 aliphatic carbocycles. The van der Waals surface area contributed by atoms with Crippen molar-refractivity contribution in [3.8, 4) is 0 Å². The van der Waals surface area contributed by atoms with Gasteiger partial charge in [-0.2, -0.15) is 0 Å². The highest BCUT2D eigenvalue weighted by atomic mass is 16.5. The van der Waals surface area contributed by atoms with Crippen molar-refractivity contribution in [3.05, 3.63) is 96.1 Å². The molecule has 0 spiro atoms. The standard InChI is InChI=1S/C30H32N4O5/c1-20(21-12-6-5-7-13-21)34-18-29(27(36)38-3)24(22-14-8-10-16-31-22)33(2)25(23-15-9-11-17-32-23)30(19-34,26(29)35)28(37)39-4/h5-17,20,24-25H,18-19H2,1-4H3/t20-,24-,25+,29+,30-/m0/s1. The van der Waals surface area contributed by atoms with E-state index in [4.69, 9.17) is 9.47 Å². The summed E-state index contributed by atoms with van der Waals surface area (Å²) >= 11 is 0. The molecule has 2 aliphatic rings. The van der Waals surface area contributed by atoms with Crippen molar-refractivity contribution in [3.63, 3.8) is 0 Å². The van der Waals surface area contributed by atoms with Crippen LogP contribution in [0.5, 0.6) is 0 Å². The first kappa shape index (κ1) is 26.6. The van der Waals surface area contributed by atoms with E-state index < -0.39 is 40.6 Å². The summed E-state index contributed by atoms with van der Waals surface area (Å²) in [5.74, 6) is -1.96. The minimum atomic E-state index is -1.77. The van der Waals surface area contributed by atoms with Gasteiger partial charge in [0.15, 0.2) is 16.6 Å².